The SMILES string of the molecule is CCCC1CN(Cc2cccc(Cl)c2)C(CC(C)C)CN1. The third kappa shape index (κ3) is 5.28. The van der Waals surface area contributed by atoms with Crippen molar-refractivity contribution in [1.29, 1.82) is 0 Å². The average Bonchev–Trinajstić information content (AvgIpc) is 2.41. The normalized spacial score (nSPS) is 23.7. The summed E-state index contributed by atoms with van der Waals surface area (Å²) in [5, 5.41) is 4.58. The molecule has 118 valence electrons. The first-order valence-electron chi connectivity index (χ1n) is 8.30. The van der Waals surface area contributed by atoms with Crippen LogP contribution in [0, 0.1) is 5.92 Å². The number of halogens is 1. The summed E-state index contributed by atoms with van der Waals surface area (Å²) in [6.45, 7) is 10.2. The van der Waals surface area contributed by atoms with E-state index in [2.05, 4.69) is 49.2 Å². The average molecular weight is 309 g/mol. The topological polar surface area (TPSA) is 15.3 Å². The number of nitrogens with zero attached hydrogens (tertiary/aromatic N) is 1. The number of hydrogen-bond donors (Lipinski definition) is 1. The molecule has 0 spiro atoms. The molecular formula is C18H29ClN2. The van der Waals surface area contributed by atoms with Crippen LogP contribution < -0.4 is 5.32 Å². The highest BCUT2D eigenvalue weighted by Crippen LogP contribution is 2.21. The fourth-order valence-electron chi connectivity index (χ4n) is 3.31. The lowest BCUT2D eigenvalue weighted by Crippen LogP contribution is -2.56. The maximum absolute atomic E-state index is 6.13. The third-order valence-electron chi connectivity index (χ3n) is 4.27. The van der Waals surface area contributed by atoms with Gasteiger partial charge < -0.3 is 5.32 Å². The quantitative estimate of drug-likeness (QED) is 0.841. The lowest BCUT2D eigenvalue weighted by atomic mass is 9.97. The van der Waals surface area contributed by atoms with Crippen molar-refractivity contribution in [3.8, 4) is 0 Å². The predicted octanol–water partition coefficient (Wildman–Crippen LogP) is 4.33. The zero-order valence-electron chi connectivity index (χ0n) is 13.6. The highest BCUT2D eigenvalue weighted by molar-refractivity contribution is 6.30. The lowest BCUT2D eigenvalue weighted by molar-refractivity contribution is 0.103. The van der Waals surface area contributed by atoms with Crippen molar-refractivity contribution in [2.24, 2.45) is 5.92 Å². The van der Waals surface area contributed by atoms with Crippen LogP contribution in [0.4, 0.5) is 0 Å². The van der Waals surface area contributed by atoms with Crippen LogP contribution in [0.3, 0.4) is 0 Å². The van der Waals surface area contributed by atoms with Crippen molar-refractivity contribution in [2.45, 2.75) is 58.7 Å². The minimum Gasteiger partial charge on any atom is -0.311 e. The summed E-state index contributed by atoms with van der Waals surface area (Å²) >= 11 is 6.13. The van der Waals surface area contributed by atoms with Crippen LogP contribution in [-0.4, -0.2) is 30.1 Å². The maximum atomic E-state index is 6.13. The maximum Gasteiger partial charge on any atom is 0.0409 e. The third-order valence-corrected chi connectivity index (χ3v) is 4.50. The molecule has 1 fully saturated rings. The molecule has 0 saturated carbocycles. The van der Waals surface area contributed by atoms with Crippen LogP contribution in [0.1, 0.15) is 45.6 Å². The van der Waals surface area contributed by atoms with Crippen LogP contribution in [0.5, 0.6) is 0 Å². The molecule has 2 atom stereocenters. The number of hydrogen-bond acceptors (Lipinski definition) is 2. The Bertz CT molecular complexity index is 433. The van der Waals surface area contributed by atoms with Crippen LogP contribution in [0.15, 0.2) is 24.3 Å². The molecule has 1 N–H and O–H groups in total. The minimum absolute atomic E-state index is 0.636. The van der Waals surface area contributed by atoms with E-state index in [1.807, 2.05) is 6.07 Å². The second-order valence-electron chi connectivity index (χ2n) is 6.74. The van der Waals surface area contributed by atoms with E-state index < -0.39 is 0 Å². The van der Waals surface area contributed by atoms with Gasteiger partial charge in [-0.3, -0.25) is 4.90 Å². The highest BCUT2D eigenvalue weighted by atomic mass is 35.5. The molecule has 21 heavy (non-hydrogen) atoms. The summed E-state index contributed by atoms with van der Waals surface area (Å²) < 4.78 is 0. The minimum atomic E-state index is 0.636. The van der Waals surface area contributed by atoms with E-state index in [9.17, 15) is 0 Å². The largest absolute Gasteiger partial charge is 0.311 e. The van der Waals surface area contributed by atoms with E-state index in [4.69, 9.17) is 11.6 Å². The van der Waals surface area contributed by atoms with Gasteiger partial charge in [-0.15, -0.1) is 0 Å². The van der Waals surface area contributed by atoms with Gasteiger partial charge in [0.1, 0.15) is 0 Å². The first kappa shape index (κ1) is 16.8. The molecule has 0 bridgehead atoms. The van der Waals surface area contributed by atoms with E-state index >= 15 is 0 Å². The fraction of sp³-hybridized carbons (Fsp3) is 0.667. The zero-order chi connectivity index (χ0) is 15.2. The Kier molecular flexibility index (Phi) is 6.53. The first-order chi connectivity index (χ1) is 10.1. The molecule has 2 unspecified atom stereocenters. The van der Waals surface area contributed by atoms with Gasteiger partial charge in [0.05, 0.1) is 0 Å². The zero-order valence-corrected chi connectivity index (χ0v) is 14.4. The van der Waals surface area contributed by atoms with Crippen molar-refractivity contribution < 1.29 is 0 Å². The second kappa shape index (κ2) is 8.17. The van der Waals surface area contributed by atoms with E-state index in [0.717, 1.165) is 30.6 Å². The van der Waals surface area contributed by atoms with Crippen molar-refractivity contribution in [3.63, 3.8) is 0 Å². The molecule has 1 aromatic rings. The monoisotopic (exact) mass is 308 g/mol. The van der Waals surface area contributed by atoms with Gasteiger partial charge in [0, 0.05) is 36.7 Å². The van der Waals surface area contributed by atoms with Gasteiger partial charge in [0.15, 0.2) is 0 Å². The lowest BCUT2D eigenvalue weighted by Gasteiger charge is -2.41. The van der Waals surface area contributed by atoms with Crippen molar-refractivity contribution in [3.05, 3.63) is 34.9 Å². The molecule has 1 heterocycles. The smallest absolute Gasteiger partial charge is 0.0409 e. The molecule has 2 nitrogen and oxygen atoms in total. The van der Waals surface area contributed by atoms with Gasteiger partial charge in [-0.05, 0) is 36.5 Å². The van der Waals surface area contributed by atoms with Gasteiger partial charge in [-0.25, -0.2) is 0 Å². The summed E-state index contributed by atoms with van der Waals surface area (Å²) in [4.78, 5) is 2.66. The summed E-state index contributed by atoms with van der Waals surface area (Å²) in [6, 6.07) is 9.57. The summed E-state index contributed by atoms with van der Waals surface area (Å²) in [5.74, 6) is 0.737. The summed E-state index contributed by atoms with van der Waals surface area (Å²) in [7, 11) is 0. The van der Waals surface area contributed by atoms with Crippen LogP contribution >= 0.6 is 11.6 Å². The summed E-state index contributed by atoms with van der Waals surface area (Å²) in [6.07, 6.45) is 3.77. The Balaban J connectivity index is 2.05. The van der Waals surface area contributed by atoms with Crippen LogP contribution in [0.25, 0.3) is 0 Å². The number of nitrogens with one attached hydrogen (secondary N) is 1. The number of benzene rings is 1. The molecule has 0 aromatic heterocycles. The number of rotatable bonds is 6. The number of piperazine rings is 1. The van der Waals surface area contributed by atoms with Gasteiger partial charge in [-0.2, -0.15) is 0 Å². The van der Waals surface area contributed by atoms with Crippen molar-refractivity contribution >= 4 is 11.6 Å². The van der Waals surface area contributed by atoms with Gasteiger partial charge in [0.25, 0.3) is 0 Å². The molecule has 0 aliphatic carbocycles. The summed E-state index contributed by atoms with van der Waals surface area (Å²) in [5.41, 5.74) is 1.33. The molecule has 1 aliphatic heterocycles. The highest BCUT2D eigenvalue weighted by Gasteiger charge is 2.27. The van der Waals surface area contributed by atoms with Gasteiger partial charge >= 0.3 is 0 Å². The standard InChI is InChI=1S/C18H29ClN2/c1-4-6-17-13-21(18(11-20-17)9-14(2)3)12-15-7-5-8-16(19)10-15/h5,7-8,10,14,17-18,20H,4,6,9,11-13H2,1-3H3. The molecule has 0 radical (unpaired) electrons. The van der Waals surface area contributed by atoms with Crippen LogP contribution in [0.2, 0.25) is 5.02 Å². The second-order valence-corrected chi connectivity index (χ2v) is 7.17. The van der Waals surface area contributed by atoms with Crippen LogP contribution in [-0.2, 0) is 6.54 Å². The molecule has 1 aliphatic rings. The Labute approximate surface area is 134 Å². The Morgan fingerprint density at radius 2 is 2.19 bits per heavy atom. The van der Waals surface area contributed by atoms with Crippen molar-refractivity contribution in [1.82, 2.24) is 10.2 Å². The van der Waals surface area contributed by atoms with E-state index in [-0.39, 0.29) is 0 Å². The predicted molar refractivity (Wildman–Crippen MR) is 91.8 cm³/mol. The van der Waals surface area contributed by atoms with E-state index in [1.165, 1.54) is 24.8 Å². The van der Waals surface area contributed by atoms with E-state index in [0.29, 0.717) is 12.1 Å². The molecule has 3 heteroatoms. The molecule has 1 aromatic carbocycles. The fourth-order valence-corrected chi connectivity index (χ4v) is 3.52. The molecular weight excluding hydrogens is 280 g/mol. The van der Waals surface area contributed by atoms with Gasteiger partial charge in [-0.1, -0.05) is 50.9 Å². The van der Waals surface area contributed by atoms with Crippen molar-refractivity contribution in [2.75, 3.05) is 13.1 Å². The molecule has 1 saturated heterocycles. The van der Waals surface area contributed by atoms with E-state index in [1.54, 1.807) is 0 Å². The molecule has 0 amide bonds. The Hall–Kier alpha value is -0.570. The first-order valence-corrected chi connectivity index (χ1v) is 8.68. The van der Waals surface area contributed by atoms with Gasteiger partial charge in [0.2, 0.25) is 0 Å². The molecule has 2 rings (SSSR count). The Morgan fingerprint density at radius 1 is 1.38 bits per heavy atom. The Morgan fingerprint density at radius 3 is 2.86 bits per heavy atom.